The summed E-state index contributed by atoms with van der Waals surface area (Å²) in [5.41, 5.74) is -0.225. The van der Waals surface area contributed by atoms with Gasteiger partial charge >= 0.3 is 6.09 Å². The Morgan fingerprint density at radius 3 is 2.12 bits per heavy atom. The van der Waals surface area contributed by atoms with Crippen molar-refractivity contribution in [1.82, 2.24) is 20.9 Å². The molecule has 2 rings (SSSR count). The van der Waals surface area contributed by atoms with E-state index in [1.54, 1.807) is 13.2 Å². The molecule has 1 heterocycles. The van der Waals surface area contributed by atoms with Crippen molar-refractivity contribution in [3.8, 4) is 5.75 Å². The first kappa shape index (κ1) is 49.8. The Bertz CT molecular complexity index is 1330. The molecule has 4 atom stereocenters. The average Bonchev–Trinajstić information content (AvgIpc) is 3.10. The molecule has 0 radical (unpaired) electrons. The van der Waals surface area contributed by atoms with Gasteiger partial charge in [0.05, 0.1) is 24.3 Å². The maximum atomic E-state index is 14.0. The highest BCUT2D eigenvalue weighted by Crippen LogP contribution is 2.39. The van der Waals surface area contributed by atoms with Crippen LogP contribution in [0.2, 0.25) is 18.1 Å². The van der Waals surface area contributed by atoms with Crippen molar-refractivity contribution in [1.29, 1.82) is 0 Å². The molecular weight excluding hydrogens is 745 g/mol. The van der Waals surface area contributed by atoms with Crippen molar-refractivity contribution in [3.63, 3.8) is 0 Å². The van der Waals surface area contributed by atoms with Crippen molar-refractivity contribution >= 4 is 38.0 Å². The Morgan fingerprint density at radius 1 is 0.893 bits per heavy atom. The first-order chi connectivity index (χ1) is 26.1. The number of hydrogen-bond acceptors (Lipinski definition) is 9. The summed E-state index contributed by atoms with van der Waals surface area (Å²) < 4.78 is 24.2. The predicted molar refractivity (Wildman–Crippen MR) is 233 cm³/mol. The lowest BCUT2D eigenvalue weighted by molar-refractivity contribution is -0.127. The van der Waals surface area contributed by atoms with E-state index in [2.05, 4.69) is 82.4 Å². The first-order valence-corrected chi connectivity index (χ1v) is 25.0. The third kappa shape index (κ3) is 18.1. The number of rotatable bonds is 23. The number of hydrogen-bond donors (Lipinski definition) is 3. The fourth-order valence-electron chi connectivity index (χ4n) is 6.38. The molecular formula is C43H78N4O7SSi. The number of nitrogens with zero attached hydrogens (tertiary/aromatic N) is 1. The van der Waals surface area contributed by atoms with E-state index in [0.29, 0.717) is 50.5 Å². The number of amides is 3. The van der Waals surface area contributed by atoms with Gasteiger partial charge in [0.25, 0.3) is 5.91 Å². The van der Waals surface area contributed by atoms with Crippen LogP contribution >= 0.6 is 11.8 Å². The van der Waals surface area contributed by atoms with Gasteiger partial charge in [0.2, 0.25) is 5.91 Å². The molecule has 0 unspecified atom stereocenters. The van der Waals surface area contributed by atoms with Crippen LogP contribution in [0.25, 0.3) is 0 Å². The lowest BCUT2D eigenvalue weighted by Gasteiger charge is -2.43. The third-order valence-electron chi connectivity index (χ3n) is 11.0. The molecule has 3 N–H and O–H groups in total. The van der Waals surface area contributed by atoms with Gasteiger partial charge in [-0.05, 0) is 94.5 Å². The molecule has 0 bridgehead atoms. The second-order valence-electron chi connectivity index (χ2n) is 18.5. The zero-order valence-corrected chi connectivity index (χ0v) is 39.0. The van der Waals surface area contributed by atoms with Gasteiger partial charge in [-0.2, -0.15) is 11.8 Å². The predicted octanol–water partition coefficient (Wildman–Crippen LogP) is 8.00. The van der Waals surface area contributed by atoms with E-state index in [4.69, 9.17) is 18.6 Å². The van der Waals surface area contributed by atoms with E-state index < -0.39 is 32.2 Å². The topological polar surface area (TPSA) is 127 Å². The van der Waals surface area contributed by atoms with Crippen LogP contribution in [0.15, 0.2) is 24.3 Å². The monoisotopic (exact) mass is 823 g/mol. The number of benzene rings is 1. The molecule has 322 valence electrons. The Balaban J connectivity index is 2.42. The smallest absolute Gasteiger partial charge is 0.407 e. The van der Waals surface area contributed by atoms with E-state index in [-0.39, 0.29) is 40.5 Å². The molecule has 1 aliphatic rings. The molecule has 0 aliphatic carbocycles. The number of nitrogens with one attached hydrogen (secondary N) is 3. The highest BCUT2D eigenvalue weighted by molar-refractivity contribution is 7.99. The van der Waals surface area contributed by atoms with Crippen LogP contribution < -0.4 is 20.7 Å². The van der Waals surface area contributed by atoms with Crippen molar-refractivity contribution in [3.05, 3.63) is 29.8 Å². The van der Waals surface area contributed by atoms with Gasteiger partial charge in [-0.3, -0.25) is 14.5 Å². The van der Waals surface area contributed by atoms with Crippen LogP contribution in [0.5, 0.6) is 5.75 Å². The first-order valence-electron chi connectivity index (χ1n) is 20.9. The van der Waals surface area contributed by atoms with Gasteiger partial charge < -0.3 is 34.6 Å². The molecule has 56 heavy (non-hydrogen) atoms. The van der Waals surface area contributed by atoms with Crippen molar-refractivity contribution in [2.45, 2.75) is 131 Å². The molecule has 0 saturated carbocycles. The molecule has 0 aromatic heterocycles. The van der Waals surface area contributed by atoms with Gasteiger partial charge in [-0.15, -0.1) is 0 Å². The summed E-state index contributed by atoms with van der Waals surface area (Å²) in [4.78, 5) is 43.7. The minimum atomic E-state index is -2.42. The average molecular weight is 823 g/mol. The van der Waals surface area contributed by atoms with Crippen LogP contribution in [0, 0.1) is 23.7 Å². The molecule has 3 amide bonds. The molecule has 13 heteroatoms. The highest BCUT2D eigenvalue weighted by atomic mass is 32.2. The summed E-state index contributed by atoms with van der Waals surface area (Å²) in [5.74, 6) is 2.40. The van der Waals surface area contributed by atoms with Crippen LogP contribution in [0.1, 0.15) is 105 Å². The third-order valence-corrected chi connectivity index (χ3v) is 16.5. The minimum Gasteiger partial charge on any atom is -0.493 e. The Hall–Kier alpha value is -2.32. The van der Waals surface area contributed by atoms with Crippen molar-refractivity contribution < 1.29 is 33.0 Å². The Labute approximate surface area is 345 Å². The maximum absolute atomic E-state index is 14.0. The molecule has 11 nitrogen and oxygen atoms in total. The largest absolute Gasteiger partial charge is 0.493 e. The second-order valence-corrected chi connectivity index (χ2v) is 24.5. The highest BCUT2D eigenvalue weighted by Gasteiger charge is 2.43. The van der Waals surface area contributed by atoms with Crippen LogP contribution in [-0.2, 0) is 18.7 Å². The summed E-state index contributed by atoms with van der Waals surface area (Å²) >= 11 is 1.98. The molecule has 0 spiro atoms. The summed E-state index contributed by atoms with van der Waals surface area (Å²) in [5, 5.41) is 9.54. The van der Waals surface area contributed by atoms with Crippen LogP contribution in [0.4, 0.5) is 4.79 Å². The Morgan fingerprint density at radius 2 is 1.54 bits per heavy atom. The van der Waals surface area contributed by atoms with E-state index in [9.17, 15) is 14.4 Å². The van der Waals surface area contributed by atoms with Crippen molar-refractivity contribution in [2.24, 2.45) is 23.7 Å². The summed E-state index contributed by atoms with van der Waals surface area (Å²) in [7, 11) is -0.738. The summed E-state index contributed by atoms with van der Waals surface area (Å²) in [6.45, 7) is 30.0. The lowest BCUT2D eigenvalue weighted by atomic mass is 9.82. The number of methoxy groups -OCH3 is 1. The Kier molecular flexibility index (Phi) is 21.3. The molecule has 1 aromatic carbocycles. The van der Waals surface area contributed by atoms with Gasteiger partial charge in [-0.25, -0.2) is 4.79 Å². The summed E-state index contributed by atoms with van der Waals surface area (Å²) in [6.07, 6.45) is 1.63. The van der Waals surface area contributed by atoms with Gasteiger partial charge in [0, 0.05) is 63.9 Å². The second kappa shape index (κ2) is 23.9. The maximum Gasteiger partial charge on any atom is 0.407 e. The molecule has 1 aliphatic heterocycles. The number of alkyl carbamates (subject to hydrolysis) is 1. The number of ether oxygens (including phenoxy) is 3. The van der Waals surface area contributed by atoms with Crippen LogP contribution in [0.3, 0.4) is 0 Å². The van der Waals surface area contributed by atoms with E-state index in [0.717, 1.165) is 44.0 Å². The number of carbonyl (C=O) groups is 3. The number of unbranched alkanes of at least 4 members (excludes halogenated alkanes) is 1. The summed E-state index contributed by atoms with van der Waals surface area (Å²) in [6, 6.07) is 6.81. The van der Waals surface area contributed by atoms with E-state index >= 15 is 0 Å². The zero-order chi connectivity index (χ0) is 42.1. The minimum absolute atomic E-state index is 0.0125. The van der Waals surface area contributed by atoms with Gasteiger partial charge in [0.1, 0.15) is 11.4 Å². The van der Waals surface area contributed by atoms with E-state index in [1.807, 2.05) is 50.7 Å². The molecule has 1 saturated heterocycles. The van der Waals surface area contributed by atoms with Gasteiger partial charge in [-0.1, -0.05) is 60.6 Å². The molecule has 1 fully saturated rings. The number of para-hydroxylation sites is 1. The lowest BCUT2D eigenvalue weighted by Crippen LogP contribution is -2.55. The number of thioether (sulfide) groups is 1. The SMILES string of the molecule is COCCCCOc1ccccc1C(=O)NC[C@@H](C[C@H](NC(=O)OC(C)(C)C)[C@H](C[C@H](C(=O)NCCN1CCSCC1)C(C)C)O[Si](C)(C)C(C)(C)C)C(C)C. The van der Waals surface area contributed by atoms with E-state index in [1.165, 1.54) is 0 Å². The number of carbonyl (C=O) groups excluding carboxylic acids is 3. The van der Waals surface area contributed by atoms with Crippen molar-refractivity contribution in [2.75, 3.05) is 64.6 Å². The fourth-order valence-corrected chi connectivity index (χ4v) is 8.73. The fraction of sp³-hybridized carbons (Fsp3) is 0.791. The van der Waals surface area contributed by atoms with Crippen LogP contribution in [-0.4, -0.2) is 113 Å². The zero-order valence-electron chi connectivity index (χ0n) is 37.2. The standard InChI is InChI=1S/C43H78N4O7SSi/c1-31(2)33(30-45-39(48)34-18-14-15-19-37(34)52-25-17-16-24-51-11)28-36(46-41(50)53-42(5,6)7)38(54-56(12,13)43(8,9)10)29-35(32(3)4)40(49)44-20-21-47-22-26-55-27-23-47/h14-15,18-19,31-33,35-36,38H,16-17,20-30H2,1-13H3,(H,44,49)(H,45,48)(H,46,50)/t33-,35+,36+,38+/m1/s1. The van der Waals surface area contributed by atoms with Gasteiger partial charge in [0.15, 0.2) is 8.32 Å². The normalized spacial score (nSPS) is 16.6. The molecule has 1 aromatic rings. The quantitative estimate of drug-likeness (QED) is 0.0744.